The van der Waals surface area contributed by atoms with Crippen LogP contribution in [-0.2, 0) is 0 Å². The van der Waals surface area contributed by atoms with E-state index in [1.807, 2.05) is 0 Å². The summed E-state index contributed by atoms with van der Waals surface area (Å²) in [6.45, 7) is 3.34. The highest BCUT2D eigenvalue weighted by Gasteiger charge is 2.48. The topological polar surface area (TPSA) is 26.0 Å². The molecule has 2 nitrogen and oxygen atoms in total. The highest BCUT2D eigenvalue weighted by molar-refractivity contribution is 4.78. The van der Waals surface area contributed by atoms with Crippen LogP contribution in [0.4, 0.5) is 13.2 Å². The Bertz CT molecular complexity index is 328. The van der Waals surface area contributed by atoms with Crippen molar-refractivity contribution in [2.45, 2.75) is 64.1 Å². The Morgan fingerprint density at radius 2 is 1.86 bits per heavy atom. The third-order valence-corrected chi connectivity index (χ3v) is 5.25. The van der Waals surface area contributed by atoms with Crippen LogP contribution in [0.25, 0.3) is 0 Å². The second-order valence-corrected chi connectivity index (χ2v) is 7.46. The predicted octanol–water partition coefficient (Wildman–Crippen LogP) is 3.70. The number of quaternary nitrogens is 1. The molecular formula is C16H30F3N2+. The van der Waals surface area contributed by atoms with E-state index in [1.54, 1.807) is 0 Å². The molecule has 2 N–H and O–H groups in total. The van der Waals surface area contributed by atoms with Gasteiger partial charge >= 0.3 is 6.18 Å². The van der Waals surface area contributed by atoms with Crippen molar-refractivity contribution >= 4 is 0 Å². The Labute approximate surface area is 126 Å². The van der Waals surface area contributed by atoms with Crippen molar-refractivity contribution in [3.05, 3.63) is 0 Å². The predicted molar refractivity (Wildman–Crippen MR) is 78.7 cm³/mol. The molecule has 1 aliphatic heterocycles. The molecule has 0 aromatic carbocycles. The lowest BCUT2D eigenvalue weighted by molar-refractivity contribution is -0.948. The van der Waals surface area contributed by atoms with Gasteiger partial charge in [-0.25, -0.2) is 0 Å². The van der Waals surface area contributed by atoms with E-state index in [-0.39, 0.29) is 10.5 Å². The Hall–Kier alpha value is -0.290. The van der Waals surface area contributed by atoms with E-state index >= 15 is 0 Å². The highest BCUT2D eigenvalue weighted by atomic mass is 19.4. The zero-order valence-electron chi connectivity index (χ0n) is 13.2. The van der Waals surface area contributed by atoms with Crippen molar-refractivity contribution in [3.63, 3.8) is 0 Å². The minimum Gasteiger partial charge on any atom is -0.323 e. The van der Waals surface area contributed by atoms with Crippen LogP contribution < -0.4 is 5.73 Å². The van der Waals surface area contributed by atoms with Gasteiger partial charge in [0.2, 0.25) is 0 Å². The van der Waals surface area contributed by atoms with E-state index in [9.17, 15) is 13.2 Å². The minimum atomic E-state index is -4.09. The van der Waals surface area contributed by atoms with Crippen LogP contribution in [0.3, 0.4) is 0 Å². The molecule has 0 aromatic heterocycles. The SMILES string of the molecule is CCCCC1CC(N)C[N+](CC2CCC2)(CC(F)(F)F)C1. The normalized spacial score (nSPS) is 34.7. The van der Waals surface area contributed by atoms with E-state index in [2.05, 4.69) is 6.92 Å². The number of alkyl halides is 3. The summed E-state index contributed by atoms with van der Waals surface area (Å²) >= 11 is 0. The average Bonchev–Trinajstić information content (AvgIpc) is 2.28. The summed E-state index contributed by atoms with van der Waals surface area (Å²) in [6.07, 6.45) is 3.45. The molecule has 5 heteroatoms. The average molecular weight is 307 g/mol. The first kappa shape index (κ1) is 17.1. The quantitative estimate of drug-likeness (QED) is 0.744. The van der Waals surface area contributed by atoms with Crippen molar-refractivity contribution in [2.24, 2.45) is 17.6 Å². The van der Waals surface area contributed by atoms with Gasteiger partial charge in [0.15, 0.2) is 6.54 Å². The molecule has 21 heavy (non-hydrogen) atoms. The fraction of sp³-hybridized carbons (Fsp3) is 1.00. The number of nitrogens with two attached hydrogens (primary N) is 1. The van der Waals surface area contributed by atoms with Crippen molar-refractivity contribution in [1.82, 2.24) is 0 Å². The third kappa shape index (κ3) is 5.13. The Morgan fingerprint density at radius 1 is 1.14 bits per heavy atom. The van der Waals surface area contributed by atoms with Gasteiger partial charge in [0.1, 0.15) is 0 Å². The third-order valence-electron chi connectivity index (χ3n) is 5.25. The monoisotopic (exact) mass is 307 g/mol. The Balaban J connectivity index is 2.07. The molecule has 124 valence electrons. The molecule has 0 amide bonds. The van der Waals surface area contributed by atoms with Gasteiger partial charge in [-0.15, -0.1) is 0 Å². The van der Waals surface area contributed by atoms with E-state index in [0.29, 0.717) is 31.5 Å². The summed E-state index contributed by atoms with van der Waals surface area (Å²) in [7, 11) is 0. The fourth-order valence-corrected chi connectivity index (χ4v) is 4.35. The van der Waals surface area contributed by atoms with Gasteiger partial charge in [-0.1, -0.05) is 26.2 Å². The molecule has 0 aromatic rings. The van der Waals surface area contributed by atoms with Gasteiger partial charge in [0, 0.05) is 11.8 Å². The summed E-state index contributed by atoms with van der Waals surface area (Å²) in [5.74, 6) is 0.862. The van der Waals surface area contributed by atoms with Crippen molar-refractivity contribution in [2.75, 3.05) is 26.2 Å². The number of rotatable bonds is 6. The first-order valence-electron chi connectivity index (χ1n) is 8.49. The van der Waals surface area contributed by atoms with Crippen LogP contribution in [0.2, 0.25) is 0 Å². The van der Waals surface area contributed by atoms with Gasteiger partial charge in [-0.05, 0) is 25.7 Å². The number of unbranched alkanes of at least 4 members (excludes halogenated alkanes) is 1. The number of piperidine rings is 1. The lowest BCUT2D eigenvalue weighted by Gasteiger charge is -2.49. The molecule has 1 saturated heterocycles. The molecular weight excluding hydrogens is 277 g/mol. The van der Waals surface area contributed by atoms with Gasteiger partial charge in [-0.2, -0.15) is 13.2 Å². The molecule has 0 bridgehead atoms. The molecule has 0 spiro atoms. The summed E-state index contributed by atoms with van der Waals surface area (Å²) in [6, 6.07) is -0.0666. The highest BCUT2D eigenvalue weighted by Crippen LogP contribution is 2.36. The van der Waals surface area contributed by atoms with E-state index in [1.165, 1.54) is 6.42 Å². The smallest absolute Gasteiger partial charge is 0.323 e. The second-order valence-electron chi connectivity index (χ2n) is 7.46. The molecule has 3 atom stereocenters. The molecule has 2 fully saturated rings. The number of nitrogens with zero attached hydrogens (tertiary/aromatic N) is 1. The fourth-order valence-electron chi connectivity index (χ4n) is 4.35. The maximum Gasteiger partial charge on any atom is 0.438 e. The van der Waals surface area contributed by atoms with Crippen LogP contribution >= 0.6 is 0 Å². The first-order valence-corrected chi connectivity index (χ1v) is 8.49. The molecule has 0 radical (unpaired) electrons. The van der Waals surface area contributed by atoms with Crippen LogP contribution in [0.5, 0.6) is 0 Å². The minimum absolute atomic E-state index is 0.0666. The lowest BCUT2D eigenvalue weighted by atomic mass is 9.82. The number of likely N-dealkylation sites (tertiary alicyclic amines) is 1. The summed E-state index contributed by atoms with van der Waals surface area (Å²) in [4.78, 5) is 0. The van der Waals surface area contributed by atoms with Crippen molar-refractivity contribution in [3.8, 4) is 0 Å². The standard InChI is InChI=1S/C16H30F3N2/c1-2-3-5-14-8-15(20)11-21(10-14,12-16(17,18)19)9-13-6-4-7-13/h13-15H,2-12,20H2,1H3/q+1. The van der Waals surface area contributed by atoms with Gasteiger partial charge in [0.25, 0.3) is 0 Å². The molecule has 1 heterocycles. The first-order chi connectivity index (χ1) is 9.82. The molecule has 2 rings (SSSR count). The summed E-state index contributed by atoms with van der Waals surface area (Å²) in [5.41, 5.74) is 6.14. The zero-order valence-corrected chi connectivity index (χ0v) is 13.2. The van der Waals surface area contributed by atoms with Gasteiger partial charge in [-0.3, -0.25) is 0 Å². The van der Waals surface area contributed by atoms with Gasteiger partial charge in [0.05, 0.1) is 25.7 Å². The number of halogens is 3. The lowest BCUT2D eigenvalue weighted by Crippen LogP contribution is -2.65. The molecule has 1 aliphatic carbocycles. The summed E-state index contributed by atoms with van der Waals surface area (Å²) < 4.78 is 39.5. The summed E-state index contributed by atoms with van der Waals surface area (Å²) in [5, 5.41) is 0. The van der Waals surface area contributed by atoms with Crippen molar-refractivity contribution < 1.29 is 17.7 Å². The van der Waals surface area contributed by atoms with Gasteiger partial charge < -0.3 is 10.2 Å². The van der Waals surface area contributed by atoms with E-state index < -0.39 is 12.7 Å². The number of hydrogen-bond donors (Lipinski definition) is 1. The zero-order chi connectivity index (χ0) is 15.5. The maximum atomic E-state index is 13.1. The van der Waals surface area contributed by atoms with E-state index in [0.717, 1.165) is 38.5 Å². The Kier molecular flexibility index (Phi) is 5.58. The molecule has 3 unspecified atom stereocenters. The Morgan fingerprint density at radius 3 is 2.38 bits per heavy atom. The largest absolute Gasteiger partial charge is 0.438 e. The maximum absolute atomic E-state index is 13.1. The molecule has 2 aliphatic rings. The molecule has 1 saturated carbocycles. The van der Waals surface area contributed by atoms with E-state index in [4.69, 9.17) is 5.73 Å². The van der Waals surface area contributed by atoms with Crippen LogP contribution in [-0.4, -0.2) is 42.9 Å². The van der Waals surface area contributed by atoms with Crippen molar-refractivity contribution in [1.29, 1.82) is 0 Å². The number of hydrogen-bond acceptors (Lipinski definition) is 1. The van der Waals surface area contributed by atoms with Crippen LogP contribution in [0.1, 0.15) is 51.9 Å². The van der Waals surface area contributed by atoms with Crippen LogP contribution in [0, 0.1) is 11.8 Å². The second kappa shape index (κ2) is 6.86. The van der Waals surface area contributed by atoms with Crippen LogP contribution in [0.15, 0.2) is 0 Å².